The summed E-state index contributed by atoms with van der Waals surface area (Å²) < 4.78 is 5.12. The van der Waals surface area contributed by atoms with E-state index in [0.29, 0.717) is 19.8 Å². The van der Waals surface area contributed by atoms with E-state index in [1.807, 2.05) is 0 Å². The predicted molar refractivity (Wildman–Crippen MR) is 50.0 cm³/mol. The van der Waals surface area contributed by atoms with Crippen LogP contribution in [0.15, 0.2) is 0 Å². The fraction of sp³-hybridized carbons (Fsp3) is 0.700. The monoisotopic (exact) mass is 181 g/mol. The number of ether oxygens (including phenoxy) is 1. The smallest absolute Gasteiger partial charge is 0.225 e. The van der Waals surface area contributed by atoms with Crippen LogP contribution in [0.1, 0.15) is 19.8 Å². The number of amides is 1. The molecule has 1 N–H and O–H groups in total. The normalized spacial score (nSPS) is 20.5. The van der Waals surface area contributed by atoms with E-state index in [9.17, 15) is 4.79 Å². The maximum Gasteiger partial charge on any atom is 0.225 e. The Morgan fingerprint density at radius 3 is 3.15 bits per heavy atom. The fourth-order valence-electron chi connectivity index (χ4n) is 1.26. The van der Waals surface area contributed by atoms with Crippen molar-refractivity contribution in [2.24, 2.45) is 5.92 Å². The standard InChI is InChI=1S/C10H15NO2/c1-2-3-4-6-11-10(12)9-5-7-13-8-9/h9H,4-8H2,1H3,(H,11,12). The maximum absolute atomic E-state index is 11.4. The highest BCUT2D eigenvalue weighted by Crippen LogP contribution is 2.11. The molecule has 13 heavy (non-hydrogen) atoms. The summed E-state index contributed by atoms with van der Waals surface area (Å²) >= 11 is 0. The second kappa shape index (κ2) is 5.60. The van der Waals surface area contributed by atoms with Gasteiger partial charge in [0.05, 0.1) is 12.5 Å². The summed E-state index contributed by atoms with van der Waals surface area (Å²) in [5, 5.41) is 2.84. The first-order chi connectivity index (χ1) is 6.34. The molecule has 1 rings (SSSR count). The maximum atomic E-state index is 11.4. The Hall–Kier alpha value is -1.01. The second-order valence-corrected chi connectivity index (χ2v) is 3.03. The highest BCUT2D eigenvalue weighted by molar-refractivity contribution is 5.78. The van der Waals surface area contributed by atoms with E-state index in [1.54, 1.807) is 6.92 Å². The number of hydrogen-bond donors (Lipinski definition) is 1. The third kappa shape index (κ3) is 3.47. The van der Waals surface area contributed by atoms with Crippen molar-refractivity contribution in [1.82, 2.24) is 5.32 Å². The summed E-state index contributed by atoms with van der Waals surface area (Å²) in [4.78, 5) is 11.4. The lowest BCUT2D eigenvalue weighted by atomic mass is 10.1. The molecule has 1 saturated heterocycles. The van der Waals surface area contributed by atoms with Crippen molar-refractivity contribution in [3.63, 3.8) is 0 Å². The molecule has 1 atom stereocenters. The molecule has 3 heteroatoms. The molecule has 1 unspecified atom stereocenters. The van der Waals surface area contributed by atoms with E-state index in [-0.39, 0.29) is 11.8 Å². The van der Waals surface area contributed by atoms with E-state index in [4.69, 9.17) is 4.74 Å². The third-order valence-electron chi connectivity index (χ3n) is 2.03. The van der Waals surface area contributed by atoms with E-state index in [0.717, 1.165) is 12.8 Å². The minimum absolute atomic E-state index is 0.0644. The first-order valence-corrected chi connectivity index (χ1v) is 4.59. The molecular weight excluding hydrogens is 166 g/mol. The van der Waals surface area contributed by atoms with Crippen molar-refractivity contribution in [2.75, 3.05) is 19.8 Å². The molecule has 0 radical (unpaired) electrons. The number of rotatable bonds is 3. The van der Waals surface area contributed by atoms with Gasteiger partial charge in [-0.05, 0) is 13.3 Å². The van der Waals surface area contributed by atoms with Crippen LogP contribution in [0.3, 0.4) is 0 Å². The Morgan fingerprint density at radius 2 is 2.54 bits per heavy atom. The molecule has 1 heterocycles. The fourth-order valence-corrected chi connectivity index (χ4v) is 1.26. The van der Waals surface area contributed by atoms with Gasteiger partial charge in [0.2, 0.25) is 5.91 Å². The van der Waals surface area contributed by atoms with Crippen molar-refractivity contribution >= 4 is 5.91 Å². The van der Waals surface area contributed by atoms with E-state index >= 15 is 0 Å². The topological polar surface area (TPSA) is 38.3 Å². The summed E-state index contributed by atoms with van der Waals surface area (Å²) in [5.74, 6) is 5.85. The van der Waals surface area contributed by atoms with Gasteiger partial charge in [0.15, 0.2) is 0 Å². The number of nitrogens with one attached hydrogen (secondary N) is 1. The Kier molecular flexibility index (Phi) is 4.34. The summed E-state index contributed by atoms with van der Waals surface area (Å²) in [6, 6.07) is 0. The van der Waals surface area contributed by atoms with Crippen molar-refractivity contribution in [2.45, 2.75) is 19.8 Å². The minimum atomic E-state index is 0.0644. The van der Waals surface area contributed by atoms with Crippen LogP contribution in [0, 0.1) is 17.8 Å². The molecule has 72 valence electrons. The molecule has 0 saturated carbocycles. The first kappa shape index (κ1) is 10.1. The SMILES string of the molecule is CC#CCCNC(=O)C1CCOC1. The first-order valence-electron chi connectivity index (χ1n) is 4.59. The average molecular weight is 181 g/mol. The summed E-state index contributed by atoms with van der Waals surface area (Å²) in [6.45, 7) is 3.74. The van der Waals surface area contributed by atoms with Crippen LogP contribution in [0.4, 0.5) is 0 Å². The van der Waals surface area contributed by atoms with Crippen LogP contribution in [-0.4, -0.2) is 25.7 Å². The lowest BCUT2D eigenvalue weighted by Crippen LogP contribution is -2.31. The molecule has 0 aromatic rings. The molecular formula is C10H15NO2. The summed E-state index contributed by atoms with van der Waals surface area (Å²) in [6.07, 6.45) is 1.58. The Balaban J connectivity index is 2.12. The lowest BCUT2D eigenvalue weighted by molar-refractivity contribution is -0.124. The Labute approximate surface area is 78.8 Å². The Bertz CT molecular complexity index is 221. The average Bonchev–Trinajstić information content (AvgIpc) is 2.65. The molecule has 0 bridgehead atoms. The quantitative estimate of drug-likeness (QED) is 0.510. The van der Waals surface area contributed by atoms with Gasteiger partial charge in [0, 0.05) is 19.6 Å². The largest absolute Gasteiger partial charge is 0.381 e. The minimum Gasteiger partial charge on any atom is -0.381 e. The molecule has 0 aliphatic carbocycles. The number of hydrogen-bond acceptors (Lipinski definition) is 2. The third-order valence-corrected chi connectivity index (χ3v) is 2.03. The Morgan fingerprint density at radius 1 is 1.69 bits per heavy atom. The molecule has 0 spiro atoms. The lowest BCUT2D eigenvalue weighted by Gasteiger charge is -2.06. The molecule has 1 fully saturated rings. The van der Waals surface area contributed by atoms with E-state index < -0.39 is 0 Å². The zero-order chi connectivity index (χ0) is 9.52. The molecule has 0 aromatic carbocycles. The van der Waals surface area contributed by atoms with E-state index in [1.165, 1.54) is 0 Å². The van der Waals surface area contributed by atoms with Gasteiger partial charge >= 0.3 is 0 Å². The molecule has 1 amide bonds. The van der Waals surface area contributed by atoms with Crippen LogP contribution in [0.25, 0.3) is 0 Å². The number of carbonyl (C=O) groups excluding carboxylic acids is 1. The van der Waals surface area contributed by atoms with Crippen molar-refractivity contribution < 1.29 is 9.53 Å². The van der Waals surface area contributed by atoms with Crippen molar-refractivity contribution in [3.8, 4) is 11.8 Å². The van der Waals surface area contributed by atoms with E-state index in [2.05, 4.69) is 17.2 Å². The number of carbonyl (C=O) groups is 1. The van der Waals surface area contributed by atoms with Gasteiger partial charge in [-0.2, -0.15) is 0 Å². The van der Waals surface area contributed by atoms with Crippen LogP contribution in [0.5, 0.6) is 0 Å². The zero-order valence-electron chi connectivity index (χ0n) is 7.93. The van der Waals surface area contributed by atoms with Gasteiger partial charge in [-0.15, -0.1) is 11.8 Å². The second-order valence-electron chi connectivity index (χ2n) is 3.03. The van der Waals surface area contributed by atoms with Crippen LogP contribution in [-0.2, 0) is 9.53 Å². The van der Waals surface area contributed by atoms with Gasteiger partial charge in [-0.3, -0.25) is 4.79 Å². The molecule has 1 aliphatic rings. The molecule has 1 aliphatic heterocycles. The van der Waals surface area contributed by atoms with Crippen LogP contribution >= 0.6 is 0 Å². The zero-order valence-corrected chi connectivity index (χ0v) is 7.93. The van der Waals surface area contributed by atoms with Gasteiger partial charge in [0.1, 0.15) is 0 Å². The highest BCUT2D eigenvalue weighted by Gasteiger charge is 2.22. The summed E-state index contributed by atoms with van der Waals surface area (Å²) in [7, 11) is 0. The van der Waals surface area contributed by atoms with Crippen LogP contribution in [0.2, 0.25) is 0 Å². The summed E-state index contributed by atoms with van der Waals surface area (Å²) in [5.41, 5.74) is 0. The van der Waals surface area contributed by atoms with Gasteiger partial charge in [-0.25, -0.2) is 0 Å². The predicted octanol–water partition coefficient (Wildman–Crippen LogP) is 0.552. The molecule has 3 nitrogen and oxygen atoms in total. The van der Waals surface area contributed by atoms with Crippen molar-refractivity contribution in [1.29, 1.82) is 0 Å². The molecule has 0 aromatic heterocycles. The van der Waals surface area contributed by atoms with Gasteiger partial charge in [-0.1, -0.05) is 0 Å². The van der Waals surface area contributed by atoms with Crippen LogP contribution < -0.4 is 5.32 Å². The van der Waals surface area contributed by atoms with Gasteiger partial charge in [0.25, 0.3) is 0 Å². The van der Waals surface area contributed by atoms with Gasteiger partial charge < -0.3 is 10.1 Å². The van der Waals surface area contributed by atoms with Crippen molar-refractivity contribution in [3.05, 3.63) is 0 Å². The highest BCUT2D eigenvalue weighted by atomic mass is 16.5.